The average Bonchev–Trinajstić information content (AvgIpc) is 2.65. The Morgan fingerprint density at radius 2 is 1.90 bits per heavy atom. The van der Waals surface area contributed by atoms with E-state index in [0.717, 1.165) is 0 Å². The molecule has 1 aliphatic carbocycles. The molecule has 0 unspecified atom stereocenters. The third-order valence-corrected chi connectivity index (χ3v) is 4.65. The molecular formula is C23H29NO5. The number of alkyl carbamates (subject to hydrolysis) is 1. The molecule has 0 radical (unpaired) electrons. The van der Waals surface area contributed by atoms with Gasteiger partial charge in [-0.25, -0.2) is 4.79 Å². The Kier molecular flexibility index (Phi) is 7.44. The molecule has 1 aromatic rings. The summed E-state index contributed by atoms with van der Waals surface area (Å²) >= 11 is 0. The number of esters is 1. The van der Waals surface area contributed by atoms with Crippen molar-refractivity contribution >= 4 is 17.8 Å². The second kappa shape index (κ2) is 9.60. The number of carbonyl (C=O) groups excluding carboxylic acids is 3. The Hall–Kier alpha value is -2.81. The monoisotopic (exact) mass is 399 g/mol. The minimum atomic E-state index is -1.53. The maximum absolute atomic E-state index is 13.0. The summed E-state index contributed by atoms with van der Waals surface area (Å²) in [6, 6.07) is 8.13. The number of hydrogen-bond acceptors (Lipinski definition) is 5. The molecule has 0 aromatic heterocycles. The van der Waals surface area contributed by atoms with Crippen LogP contribution in [0, 0.1) is 17.3 Å². The van der Waals surface area contributed by atoms with Crippen molar-refractivity contribution in [1.29, 1.82) is 0 Å². The van der Waals surface area contributed by atoms with Gasteiger partial charge in [0.1, 0.15) is 11.6 Å². The van der Waals surface area contributed by atoms with Gasteiger partial charge in [0.2, 0.25) is 0 Å². The van der Waals surface area contributed by atoms with Gasteiger partial charge in [-0.1, -0.05) is 36.5 Å². The van der Waals surface area contributed by atoms with Gasteiger partial charge in [0.25, 0.3) is 0 Å². The molecule has 2 atom stereocenters. The maximum atomic E-state index is 13.0. The Bertz CT molecular complexity index is 800. The molecule has 1 saturated carbocycles. The first kappa shape index (κ1) is 22.5. The summed E-state index contributed by atoms with van der Waals surface area (Å²) < 4.78 is 10.6. The molecule has 6 heteroatoms. The molecule has 0 spiro atoms. The van der Waals surface area contributed by atoms with Crippen molar-refractivity contribution in [3.8, 4) is 11.8 Å². The fourth-order valence-electron chi connectivity index (χ4n) is 3.34. The minimum Gasteiger partial charge on any atom is -0.465 e. The lowest BCUT2D eigenvalue weighted by Gasteiger charge is -2.37. The van der Waals surface area contributed by atoms with Crippen LogP contribution in [0.15, 0.2) is 30.3 Å². The van der Waals surface area contributed by atoms with Crippen LogP contribution >= 0.6 is 0 Å². The largest absolute Gasteiger partial charge is 0.465 e. The van der Waals surface area contributed by atoms with Crippen molar-refractivity contribution in [3.63, 3.8) is 0 Å². The molecule has 6 nitrogen and oxygen atoms in total. The second-order valence-electron chi connectivity index (χ2n) is 8.04. The van der Waals surface area contributed by atoms with Crippen LogP contribution in [0.3, 0.4) is 0 Å². The molecule has 1 amide bonds. The van der Waals surface area contributed by atoms with E-state index in [9.17, 15) is 14.4 Å². The predicted octanol–water partition coefficient (Wildman–Crippen LogP) is 3.62. The van der Waals surface area contributed by atoms with Gasteiger partial charge >= 0.3 is 12.1 Å². The van der Waals surface area contributed by atoms with Gasteiger partial charge in [-0.05, 0) is 52.7 Å². The number of benzene rings is 1. The second-order valence-corrected chi connectivity index (χ2v) is 8.04. The fraction of sp³-hybridized carbons (Fsp3) is 0.522. The zero-order valence-corrected chi connectivity index (χ0v) is 17.5. The van der Waals surface area contributed by atoms with Gasteiger partial charge in [-0.15, -0.1) is 0 Å². The smallest absolute Gasteiger partial charge is 0.408 e. The third kappa shape index (κ3) is 5.83. The standard InChI is InChI=1S/C23H29NO5/c1-5-28-20(26)23(16-10-9-13-19(23)25)18(24-21(27)29-22(2,3)4)15-14-17-11-7-6-8-12-17/h6-8,11-12,18H,5,9-10,13,16H2,1-4H3,(H,24,27)/t18-,23-/m0/s1. The number of ether oxygens (including phenoxy) is 2. The molecule has 156 valence electrons. The summed E-state index contributed by atoms with van der Waals surface area (Å²) in [7, 11) is 0. The number of hydrogen-bond donors (Lipinski definition) is 1. The first-order valence-corrected chi connectivity index (χ1v) is 9.95. The van der Waals surface area contributed by atoms with Crippen molar-refractivity contribution < 1.29 is 23.9 Å². The quantitative estimate of drug-likeness (QED) is 0.475. The molecular weight excluding hydrogens is 370 g/mol. The number of amides is 1. The number of nitrogens with one attached hydrogen (secondary N) is 1. The van der Waals surface area contributed by atoms with E-state index in [-0.39, 0.29) is 25.2 Å². The van der Waals surface area contributed by atoms with Crippen LogP contribution < -0.4 is 5.32 Å². The summed E-state index contributed by atoms with van der Waals surface area (Å²) in [5.41, 5.74) is -1.55. The third-order valence-electron chi connectivity index (χ3n) is 4.65. The van der Waals surface area contributed by atoms with Crippen LogP contribution in [0.5, 0.6) is 0 Å². The van der Waals surface area contributed by atoms with Crippen molar-refractivity contribution in [2.45, 2.75) is 65.0 Å². The predicted molar refractivity (Wildman–Crippen MR) is 109 cm³/mol. The molecule has 2 rings (SSSR count). The Morgan fingerprint density at radius 1 is 1.21 bits per heavy atom. The van der Waals surface area contributed by atoms with Gasteiger partial charge < -0.3 is 14.8 Å². The van der Waals surface area contributed by atoms with E-state index in [1.165, 1.54) is 0 Å². The first-order valence-electron chi connectivity index (χ1n) is 9.95. The highest BCUT2D eigenvalue weighted by Crippen LogP contribution is 2.38. The Labute approximate surface area is 172 Å². The number of ketones is 1. The summed E-state index contributed by atoms with van der Waals surface area (Å²) in [6.07, 6.45) is 1.16. The molecule has 1 N–H and O–H groups in total. The molecule has 0 heterocycles. The minimum absolute atomic E-state index is 0.138. The number of Topliss-reactive ketones (excluding diaryl/α,β-unsaturated/α-hetero) is 1. The maximum Gasteiger partial charge on any atom is 0.408 e. The van der Waals surface area contributed by atoms with Gasteiger partial charge in [-0.3, -0.25) is 9.59 Å². The van der Waals surface area contributed by atoms with Crippen LogP contribution in [0.4, 0.5) is 4.79 Å². The lowest BCUT2D eigenvalue weighted by atomic mass is 9.68. The summed E-state index contributed by atoms with van der Waals surface area (Å²) in [5, 5.41) is 2.67. The van der Waals surface area contributed by atoms with E-state index >= 15 is 0 Å². The van der Waals surface area contributed by atoms with E-state index < -0.39 is 29.1 Å². The van der Waals surface area contributed by atoms with Crippen LogP contribution in [0.1, 0.15) is 58.9 Å². The summed E-state index contributed by atoms with van der Waals surface area (Å²) in [5.74, 6) is 5.02. The van der Waals surface area contributed by atoms with E-state index in [1.54, 1.807) is 27.7 Å². The molecule has 0 saturated heterocycles. The lowest BCUT2D eigenvalue weighted by molar-refractivity contribution is -0.163. The van der Waals surface area contributed by atoms with Crippen molar-refractivity contribution in [2.24, 2.45) is 5.41 Å². The Morgan fingerprint density at radius 3 is 2.48 bits per heavy atom. The molecule has 1 fully saturated rings. The number of carbonyl (C=O) groups is 3. The van der Waals surface area contributed by atoms with E-state index in [4.69, 9.17) is 9.47 Å². The van der Waals surface area contributed by atoms with Crippen LogP contribution in [-0.2, 0) is 19.1 Å². The summed E-state index contributed by atoms with van der Waals surface area (Å²) in [4.78, 5) is 38.4. The van der Waals surface area contributed by atoms with E-state index in [1.807, 2.05) is 30.3 Å². The zero-order valence-electron chi connectivity index (χ0n) is 17.5. The van der Waals surface area contributed by atoms with Crippen LogP contribution in [0.25, 0.3) is 0 Å². The number of rotatable bonds is 4. The molecule has 29 heavy (non-hydrogen) atoms. The normalized spacial score (nSPS) is 20.1. The molecule has 0 aliphatic heterocycles. The summed E-state index contributed by atoms with van der Waals surface area (Å²) in [6.45, 7) is 7.04. The van der Waals surface area contributed by atoms with Crippen molar-refractivity contribution in [2.75, 3.05) is 6.61 Å². The zero-order chi connectivity index (χ0) is 21.5. The van der Waals surface area contributed by atoms with E-state index in [2.05, 4.69) is 17.2 Å². The van der Waals surface area contributed by atoms with Gasteiger partial charge in [-0.2, -0.15) is 0 Å². The van der Waals surface area contributed by atoms with Crippen LogP contribution in [-0.4, -0.2) is 36.1 Å². The fourth-order valence-corrected chi connectivity index (χ4v) is 3.34. The molecule has 0 bridgehead atoms. The average molecular weight is 399 g/mol. The van der Waals surface area contributed by atoms with Gasteiger partial charge in [0.15, 0.2) is 11.2 Å². The van der Waals surface area contributed by atoms with Crippen molar-refractivity contribution in [3.05, 3.63) is 35.9 Å². The van der Waals surface area contributed by atoms with Gasteiger partial charge in [0, 0.05) is 12.0 Å². The van der Waals surface area contributed by atoms with E-state index in [0.29, 0.717) is 18.4 Å². The highest BCUT2D eigenvalue weighted by atomic mass is 16.6. The molecule has 1 aliphatic rings. The van der Waals surface area contributed by atoms with Crippen LogP contribution in [0.2, 0.25) is 0 Å². The first-order chi connectivity index (χ1) is 13.7. The topological polar surface area (TPSA) is 81.7 Å². The SMILES string of the molecule is CCOC(=O)[C@]1([C@H](C#Cc2ccccc2)NC(=O)OC(C)(C)C)CCCCC1=O. The highest BCUT2D eigenvalue weighted by Gasteiger charge is 2.54. The van der Waals surface area contributed by atoms with Gasteiger partial charge in [0.05, 0.1) is 6.61 Å². The molecule has 1 aromatic carbocycles. The van der Waals surface area contributed by atoms with Crippen molar-refractivity contribution in [1.82, 2.24) is 5.32 Å². The Balaban J connectivity index is 2.47. The lowest BCUT2D eigenvalue weighted by Crippen LogP contribution is -2.58. The highest BCUT2D eigenvalue weighted by molar-refractivity contribution is 6.06.